The summed E-state index contributed by atoms with van der Waals surface area (Å²) in [5.74, 6) is 0.261. The molecular weight excluding hydrogens is 408 g/mol. The largest absolute Gasteiger partial charge is 0.470 e. The Hall–Kier alpha value is -2.58. The van der Waals surface area contributed by atoms with E-state index in [1.54, 1.807) is 29.9 Å². The second-order valence-corrected chi connectivity index (χ2v) is 7.56. The Kier molecular flexibility index (Phi) is 4.55. The van der Waals surface area contributed by atoms with E-state index in [0.717, 1.165) is 0 Å². The lowest BCUT2D eigenvalue weighted by Gasteiger charge is -2.17. The molecule has 4 rings (SSSR count). The second-order valence-electron chi connectivity index (χ2n) is 6.78. The van der Waals surface area contributed by atoms with Crippen LogP contribution in [0.5, 0.6) is 5.88 Å². The first kappa shape index (κ1) is 18.8. The molecular formula is C18H16Cl2FN5O2. The molecule has 10 heteroatoms. The predicted octanol–water partition coefficient (Wildman–Crippen LogP) is 4.33. The monoisotopic (exact) mass is 423 g/mol. The van der Waals surface area contributed by atoms with E-state index in [4.69, 9.17) is 32.8 Å². The zero-order valence-corrected chi connectivity index (χ0v) is 16.7. The maximum atomic E-state index is 13.8. The Morgan fingerprint density at radius 1 is 1.29 bits per heavy atom. The van der Waals surface area contributed by atoms with Gasteiger partial charge in [-0.05, 0) is 32.9 Å². The predicted molar refractivity (Wildman–Crippen MR) is 103 cm³/mol. The number of fused-ring (bicyclic) bond motifs is 1. The van der Waals surface area contributed by atoms with Crippen LogP contribution < -0.4 is 10.1 Å². The molecule has 0 fully saturated rings. The Labute approximate surface area is 170 Å². The molecule has 0 bridgehead atoms. The number of amidine groups is 1. The molecule has 0 unspecified atom stereocenters. The number of rotatable bonds is 4. The van der Waals surface area contributed by atoms with Gasteiger partial charge in [0, 0.05) is 22.8 Å². The highest BCUT2D eigenvalue weighted by Crippen LogP contribution is 2.34. The first-order valence-corrected chi connectivity index (χ1v) is 9.20. The van der Waals surface area contributed by atoms with Crippen LogP contribution in [0.1, 0.15) is 38.0 Å². The molecule has 0 radical (unpaired) electrons. The summed E-state index contributed by atoms with van der Waals surface area (Å²) in [6.45, 7) is 5.42. The summed E-state index contributed by atoms with van der Waals surface area (Å²) in [4.78, 5) is 9.83. The molecule has 3 aromatic rings. The summed E-state index contributed by atoms with van der Waals surface area (Å²) in [5, 5.41) is 11.7. The van der Waals surface area contributed by atoms with Crippen LogP contribution in [-0.2, 0) is 4.84 Å². The van der Waals surface area contributed by atoms with Crippen LogP contribution in [0, 0.1) is 5.82 Å². The number of nitrogens with zero attached hydrogens (tertiary/aromatic N) is 4. The van der Waals surface area contributed by atoms with E-state index in [1.807, 2.05) is 13.8 Å². The highest BCUT2D eigenvalue weighted by atomic mass is 35.5. The molecule has 1 aliphatic heterocycles. The van der Waals surface area contributed by atoms with Gasteiger partial charge in [-0.15, -0.1) is 0 Å². The lowest BCUT2D eigenvalue weighted by molar-refractivity contribution is -0.00234. The summed E-state index contributed by atoms with van der Waals surface area (Å²) in [6.07, 6.45) is 2.71. The van der Waals surface area contributed by atoms with Crippen molar-refractivity contribution in [3.63, 3.8) is 0 Å². The third-order valence-corrected chi connectivity index (χ3v) is 4.88. The van der Waals surface area contributed by atoms with Crippen molar-refractivity contribution >= 4 is 34.7 Å². The van der Waals surface area contributed by atoms with Gasteiger partial charge in [-0.2, -0.15) is 10.1 Å². The molecule has 7 nitrogen and oxygen atoms in total. The number of nitrogens with one attached hydrogen (secondary N) is 1. The molecule has 0 aliphatic carbocycles. The fourth-order valence-corrected chi connectivity index (χ4v) is 3.53. The van der Waals surface area contributed by atoms with Crippen molar-refractivity contribution < 1.29 is 14.0 Å². The normalized spacial score (nSPS) is 16.4. The second kappa shape index (κ2) is 6.79. The zero-order valence-electron chi connectivity index (χ0n) is 15.2. The number of benzene rings is 1. The lowest BCUT2D eigenvalue weighted by atomic mass is 10.1. The maximum absolute atomic E-state index is 13.8. The summed E-state index contributed by atoms with van der Waals surface area (Å²) in [5.41, 5.74) is 0.923. The summed E-state index contributed by atoms with van der Waals surface area (Å²) in [6, 6.07) is 4.30. The molecule has 2 aromatic heterocycles. The van der Waals surface area contributed by atoms with Crippen LogP contribution in [0.3, 0.4) is 0 Å². The van der Waals surface area contributed by atoms with E-state index in [1.165, 1.54) is 12.1 Å². The number of hydrogen-bond donors (Lipinski definition) is 1. The third-order valence-electron chi connectivity index (χ3n) is 4.17. The Bertz CT molecular complexity index is 1100. The van der Waals surface area contributed by atoms with E-state index >= 15 is 0 Å². The van der Waals surface area contributed by atoms with Crippen molar-refractivity contribution in [2.75, 3.05) is 0 Å². The average Bonchev–Trinajstić information content (AvgIpc) is 3.21. The standard InChI is InChI=1S/C18H16Cl2FN5O2/c1-9(14-11(19)4-5-12(21)15(14)20)27-13-6-7-26-17(23-13)10(8-22-26)16-24-18(2,3)28-25-16/h4-9H,1-3H3,(H,24,25)/t9-/m1/s1. The van der Waals surface area contributed by atoms with Gasteiger partial charge in [-0.1, -0.05) is 28.4 Å². The van der Waals surface area contributed by atoms with Crippen LogP contribution in [0.4, 0.5) is 4.39 Å². The van der Waals surface area contributed by atoms with Gasteiger partial charge in [0.1, 0.15) is 11.9 Å². The highest BCUT2D eigenvalue weighted by Gasteiger charge is 2.30. The van der Waals surface area contributed by atoms with Gasteiger partial charge in [-0.25, -0.2) is 8.91 Å². The van der Waals surface area contributed by atoms with Gasteiger partial charge in [-0.3, -0.25) is 0 Å². The molecule has 1 aliphatic rings. The molecule has 146 valence electrons. The highest BCUT2D eigenvalue weighted by molar-refractivity contribution is 6.36. The minimum atomic E-state index is -0.624. The molecule has 1 N–H and O–H groups in total. The lowest BCUT2D eigenvalue weighted by Crippen LogP contribution is -2.38. The SMILES string of the molecule is C[C@@H](Oc1ccn2ncc(C3=NOC(C)(C)N3)c2n1)c1c(Cl)ccc(F)c1Cl. The quantitative estimate of drug-likeness (QED) is 0.632. The van der Waals surface area contributed by atoms with Crippen LogP contribution in [0.25, 0.3) is 5.65 Å². The fourth-order valence-electron chi connectivity index (χ4n) is 2.85. The summed E-state index contributed by atoms with van der Waals surface area (Å²) in [7, 11) is 0. The zero-order chi connectivity index (χ0) is 20.1. The third kappa shape index (κ3) is 3.33. The van der Waals surface area contributed by atoms with E-state index in [2.05, 4.69) is 20.6 Å². The molecule has 28 heavy (non-hydrogen) atoms. The van der Waals surface area contributed by atoms with Crippen molar-refractivity contribution in [1.29, 1.82) is 0 Å². The van der Waals surface area contributed by atoms with E-state index in [9.17, 15) is 4.39 Å². The summed E-state index contributed by atoms with van der Waals surface area (Å²) >= 11 is 12.2. The molecule has 0 saturated carbocycles. The van der Waals surface area contributed by atoms with Crippen molar-refractivity contribution in [2.24, 2.45) is 5.16 Å². The smallest absolute Gasteiger partial charge is 0.217 e. The first-order valence-electron chi connectivity index (χ1n) is 8.44. The number of oxime groups is 1. The number of halogens is 3. The molecule has 3 heterocycles. The molecule has 0 spiro atoms. The van der Waals surface area contributed by atoms with Gasteiger partial charge < -0.3 is 14.9 Å². The van der Waals surface area contributed by atoms with Crippen LogP contribution in [0.2, 0.25) is 10.0 Å². The van der Waals surface area contributed by atoms with Crippen molar-refractivity contribution in [3.8, 4) is 5.88 Å². The topological polar surface area (TPSA) is 73.0 Å². The Morgan fingerprint density at radius 3 is 2.79 bits per heavy atom. The number of ether oxygens (including phenoxy) is 1. The molecule has 0 saturated heterocycles. The van der Waals surface area contributed by atoms with Crippen molar-refractivity contribution in [1.82, 2.24) is 19.9 Å². The fraction of sp³-hybridized carbons (Fsp3) is 0.278. The van der Waals surface area contributed by atoms with Gasteiger partial charge in [0.2, 0.25) is 11.6 Å². The molecule has 1 atom stereocenters. The van der Waals surface area contributed by atoms with Gasteiger partial charge in [0.25, 0.3) is 0 Å². The average molecular weight is 424 g/mol. The number of hydrogen-bond acceptors (Lipinski definition) is 6. The first-order chi connectivity index (χ1) is 13.2. The Balaban J connectivity index is 1.66. The summed E-state index contributed by atoms with van der Waals surface area (Å²) < 4.78 is 21.3. The van der Waals surface area contributed by atoms with E-state index in [0.29, 0.717) is 33.5 Å². The van der Waals surface area contributed by atoms with Crippen LogP contribution >= 0.6 is 23.2 Å². The molecule has 0 amide bonds. The van der Waals surface area contributed by atoms with E-state index < -0.39 is 17.6 Å². The van der Waals surface area contributed by atoms with Gasteiger partial charge in [0.05, 0.1) is 16.8 Å². The van der Waals surface area contributed by atoms with Gasteiger partial charge >= 0.3 is 0 Å². The van der Waals surface area contributed by atoms with E-state index in [-0.39, 0.29) is 5.02 Å². The van der Waals surface area contributed by atoms with Crippen molar-refractivity contribution in [3.05, 3.63) is 57.6 Å². The molecule has 1 aromatic carbocycles. The number of aromatic nitrogens is 3. The Morgan fingerprint density at radius 2 is 2.07 bits per heavy atom. The minimum Gasteiger partial charge on any atom is -0.470 e. The van der Waals surface area contributed by atoms with Crippen LogP contribution in [0.15, 0.2) is 35.7 Å². The van der Waals surface area contributed by atoms with Crippen molar-refractivity contribution in [2.45, 2.75) is 32.6 Å². The maximum Gasteiger partial charge on any atom is 0.217 e. The van der Waals surface area contributed by atoms with Crippen LogP contribution in [-0.4, -0.2) is 26.2 Å². The van der Waals surface area contributed by atoms with Gasteiger partial charge in [0.15, 0.2) is 11.5 Å². The minimum absolute atomic E-state index is 0.0741.